The number of carbonyl (C=O) groups is 1. The zero-order chi connectivity index (χ0) is 17.5. The summed E-state index contributed by atoms with van der Waals surface area (Å²) in [5, 5.41) is 0.641. The van der Waals surface area contributed by atoms with Gasteiger partial charge in [0.2, 0.25) is 0 Å². The smallest absolute Gasteiger partial charge is 0.176 e. The number of halogens is 2. The maximum atomic E-state index is 12.7. The summed E-state index contributed by atoms with van der Waals surface area (Å²) in [5.74, 6) is 0.100. The molecule has 0 aliphatic rings. The van der Waals surface area contributed by atoms with E-state index in [0.29, 0.717) is 17.1 Å². The van der Waals surface area contributed by atoms with Crippen molar-refractivity contribution in [3.8, 4) is 0 Å². The number of rotatable bonds is 7. The normalized spacial score (nSPS) is 10.4. The van der Waals surface area contributed by atoms with Crippen LogP contribution in [0.25, 0.3) is 0 Å². The van der Waals surface area contributed by atoms with Crippen molar-refractivity contribution >= 4 is 29.8 Å². The summed E-state index contributed by atoms with van der Waals surface area (Å²) in [6, 6.07) is 27.5. The highest BCUT2D eigenvalue weighted by atomic mass is 35.5. The van der Waals surface area contributed by atoms with Crippen LogP contribution in [0.15, 0.2) is 84.9 Å². The van der Waals surface area contributed by atoms with Crippen LogP contribution in [-0.4, -0.2) is 17.2 Å². The van der Waals surface area contributed by atoms with Gasteiger partial charge in [0.05, 0.1) is 6.54 Å². The van der Waals surface area contributed by atoms with Gasteiger partial charge in [0.25, 0.3) is 0 Å². The van der Waals surface area contributed by atoms with E-state index in [-0.39, 0.29) is 18.2 Å². The van der Waals surface area contributed by atoms with Crippen LogP contribution in [0, 0.1) is 0 Å². The molecule has 3 rings (SSSR count). The number of carbonyl (C=O) groups excluding carboxylic acids is 1. The van der Waals surface area contributed by atoms with Crippen LogP contribution >= 0.6 is 24.0 Å². The highest BCUT2D eigenvalue weighted by molar-refractivity contribution is 6.30. The molecule has 3 aromatic carbocycles. The molecule has 4 heteroatoms. The molecule has 0 spiro atoms. The van der Waals surface area contributed by atoms with Gasteiger partial charge in [-0.25, -0.2) is 0 Å². The molecule has 3 aromatic rings. The van der Waals surface area contributed by atoms with Crippen molar-refractivity contribution in [1.82, 2.24) is 4.90 Å². The molecule has 0 heterocycles. The molecule has 0 atom stereocenters. The lowest BCUT2D eigenvalue weighted by Crippen LogP contribution is -2.29. The molecule has 0 saturated heterocycles. The Labute approximate surface area is 165 Å². The molecule has 0 aliphatic heterocycles. The molecule has 0 aromatic heterocycles. The van der Waals surface area contributed by atoms with Crippen molar-refractivity contribution in [3.05, 3.63) is 107 Å². The Morgan fingerprint density at radius 2 is 1.19 bits per heavy atom. The Balaban J connectivity index is 0.00000243. The second-order valence-electron chi connectivity index (χ2n) is 6.05. The lowest BCUT2D eigenvalue weighted by Gasteiger charge is -2.22. The molecule has 2 nitrogen and oxygen atoms in total. The van der Waals surface area contributed by atoms with Crippen LogP contribution in [0.3, 0.4) is 0 Å². The van der Waals surface area contributed by atoms with E-state index in [1.165, 1.54) is 11.1 Å². The van der Waals surface area contributed by atoms with Gasteiger partial charge in [-0.05, 0) is 35.4 Å². The van der Waals surface area contributed by atoms with Crippen molar-refractivity contribution in [1.29, 1.82) is 0 Å². The number of nitrogens with zero attached hydrogens (tertiary/aromatic N) is 1. The van der Waals surface area contributed by atoms with Crippen LogP contribution in [0.1, 0.15) is 21.5 Å². The highest BCUT2D eigenvalue weighted by Crippen LogP contribution is 2.14. The summed E-state index contributed by atoms with van der Waals surface area (Å²) in [5.41, 5.74) is 3.08. The van der Waals surface area contributed by atoms with Gasteiger partial charge in [0.15, 0.2) is 5.78 Å². The van der Waals surface area contributed by atoms with Crippen molar-refractivity contribution in [2.75, 3.05) is 6.54 Å². The zero-order valence-corrected chi connectivity index (χ0v) is 15.9. The molecular weight excluding hydrogens is 365 g/mol. The monoisotopic (exact) mass is 385 g/mol. The van der Waals surface area contributed by atoms with Crippen LogP contribution in [-0.2, 0) is 13.1 Å². The Morgan fingerprint density at radius 3 is 1.65 bits per heavy atom. The summed E-state index contributed by atoms with van der Waals surface area (Å²) in [4.78, 5) is 14.8. The highest BCUT2D eigenvalue weighted by Gasteiger charge is 2.14. The maximum absolute atomic E-state index is 12.7. The topological polar surface area (TPSA) is 20.3 Å². The lowest BCUT2D eigenvalue weighted by atomic mass is 10.1. The number of hydrogen-bond donors (Lipinski definition) is 0. The van der Waals surface area contributed by atoms with Crippen molar-refractivity contribution in [3.63, 3.8) is 0 Å². The van der Waals surface area contributed by atoms with Gasteiger partial charge in [-0.15, -0.1) is 12.4 Å². The van der Waals surface area contributed by atoms with E-state index in [4.69, 9.17) is 11.6 Å². The van der Waals surface area contributed by atoms with Crippen LogP contribution < -0.4 is 0 Å². The fraction of sp³-hybridized carbons (Fsp3) is 0.136. The van der Waals surface area contributed by atoms with Crippen molar-refractivity contribution < 1.29 is 4.79 Å². The predicted octanol–water partition coefficient (Wildman–Crippen LogP) is 5.65. The lowest BCUT2D eigenvalue weighted by molar-refractivity contribution is 0.0920. The Hall–Kier alpha value is -2.13. The summed E-state index contributed by atoms with van der Waals surface area (Å²) >= 11 is 5.92. The third-order valence-corrected chi connectivity index (χ3v) is 4.28. The van der Waals surface area contributed by atoms with Gasteiger partial charge in [-0.1, -0.05) is 72.3 Å². The average Bonchev–Trinajstić information content (AvgIpc) is 2.64. The van der Waals surface area contributed by atoms with Crippen LogP contribution in [0.5, 0.6) is 0 Å². The molecule has 0 amide bonds. The summed E-state index contributed by atoms with van der Waals surface area (Å²) < 4.78 is 0. The molecule has 0 unspecified atom stereocenters. The van der Waals surface area contributed by atoms with Crippen LogP contribution in [0.4, 0.5) is 0 Å². The average molecular weight is 386 g/mol. The molecule has 0 fully saturated rings. The van der Waals surface area contributed by atoms with E-state index < -0.39 is 0 Å². The van der Waals surface area contributed by atoms with Gasteiger partial charge < -0.3 is 0 Å². The third-order valence-electron chi connectivity index (χ3n) is 4.03. The first-order chi connectivity index (χ1) is 12.2. The van der Waals surface area contributed by atoms with Gasteiger partial charge in [-0.3, -0.25) is 9.69 Å². The summed E-state index contributed by atoms with van der Waals surface area (Å²) in [7, 11) is 0. The first-order valence-electron chi connectivity index (χ1n) is 8.30. The Morgan fingerprint density at radius 1 is 0.731 bits per heavy atom. The summed E-state index contributed by atoms with van der Waals surface area (Å²) in [6.45, 7) is 1.83. The molecule has 0 aliphatic carbocycles. The van der Waals surface area contributed by atoms with Gasteiger partial charge in [0.1, 0.15) is 0 Å². The molecule has 134 valence electrons. The van der Waals surface area contributed by atoms with Gasteiger partial charge in [0, 0.05) is 23.7 Å². The third kappa shape index (κ3) is 5.99. The van der Waals surface area contributed by atoms with E-state index >= 15 is 0 Å². The molecule has 0 radical (unpaired) electrons. The molecule has 0 saturated carbocycles. The maximum Gasteiger partial charge on any atom is 0.176 e. The minimum Gasteiger partial charge on any atom is -0.293 e. The van der Waals surface area contributed by atoms with Crippen molar-refractivity contribution in [2.45, 2.75) is 13.1 Å². The summed E-state index contributed by atoms with van der Waals surface area (Å²) in [6.07, 6.45) is 0. The van der Waals surface area contributed by atoms with E-state index in [1.54, 1.807) is 24.3 Å². The first kappa shape index (κ1) is 20.2. The molecular formula is C22H21Cl2NO. The zero-order valence-electron chi connectivity index (χ0n) is 14.3. The minimum atomic E-state index is 0. The number of benzene rings is 3. The molecule has 0 N–H and O–H groups in total. The number of ketones is 1. The largest absolute Gasteiger partial charge is 0.293 e. The van der Waals surface area contributed by atoms with Gasteiger partial charge >= 0.3 is 0 Å². The van der Waals surface area contributed by atoms with E-state index in [0.717, 1.165) is 13.1 Å². The first-order valence-corrected chi connectivity index (χ1v) is 8.67. The number of hydrogen-bond acceptors (Lipinski definition) is 2. The van der Waals surface area contributed by atoms with E-state index in [9.17, 15) is 4.79 Å². The molecule has 0 bridgehead atoms. The Kier molecular flexibility index (Phi) is 7.86. The number of Topliss-reactive ketones (excluding diaryl/α,β-unsaturated/α-hetero) is 1. The fourth-order valence-corrected chi connectivity index (χ4v) is 2.91. The minimum absolute atomic E-state index is 0. The second kappa shape index (κ2) is 10.1. The second-order valence-corrected chi connectivity index (χ2v) is 6.48. The van der Waals surface area contributed by atoms with Crippen LogP contribution in [0.2, 0.25) is 5.02 Å². The van der Waals surface area contributed by atoms with Gasteiger partial charge in [-0.2, -0.15) is 0 Å². The van der Waals surface area contributed by atoms with Crippen molar-refractivity contribution in [2.24, 2.45) is 0 Å². The Bertz CT molecular complexity index is 763. The fourth-order valence-electron chi connectivity index (χ4n) is 2.78. The standard InChI is InChI=1S/C22H20ClNO.ClH/c23-21-13-11-20(12-14-21)22(25)17-24(15-18-7-3-1-4-8-18)16-19-9-5-2-6-10-19;/h1-14H,15-17H2;1H. The molecule has 26 heavy (non-hydrogen) atoms. The quantitative estimate of drug-likeness (QED) is 0.490. The SMILES string of the molecule is Cl.O=C(CN(Cc1ccccc1)Cc1ccccc1)c1ccc(Cl)cc1. The van der Waals surface area contributed by atoms with E-state index in [1.807, 2.05) is 36.4 Å². The van der Waals surface area contributed by atoms with E-state index in [2.05, 4.69) is 29.2 Å². The predicted molar refractivity (Wildman–Crippen MR) is 110 cm³/mol.